The molecule has 0 unspecified atom stereocenters. The van der Waals surface area contributed by atoms with Gasteiger partial charge in [-0.3, -0.25) is 4.57 Å². The number of hydrogen-bond donors (Lipinski definition) is 2. The first-order valence-corrected chi connectivity index (χ1v) is 9.04. The lowest BCUT2D eigenvalue weighted by Gasteiger charge is -2.25. The molecule has 1 aliphatic rings. The molecule has 0 amide bonds. The van der Waals surface area contributed by atoms with Crippen molar-refractivity contribution in [3.8, 4) is 0 Å². The van der Waals surface area contributed by atoms with E-state index in [2.05, 4.69) is 63.9 Å². The van der Waals surface area contributed by atoms with Gasteiger partial charge < -0.3 is 0 Å². The average Bonchev–Trinajstić information content (AvgIpc) is 2.67. The van der Waals surface area contributed by atoms with E-state index in [-0.39, 0.29) is 12.1 Å². The van der Waals surface area contributed by atoms with E-state index in [4.69, 9.17) is 0 Å². The Kier molecular flexibility index (Phi) is 6.04. The van der Waals surface area contributed by atoms with Crippen LogP contribution in [0.2, 0.25) is 0 Å². The van der Waals surface area contributed by atoms with Crippen molar-refractivity contribution in [1.29, 1.82) is 0 Å². The Morgan fingerprint density at radius 3 is 2.21 bits per heavy atom. The number of hydrogen-bond acceptors (Lipinski definition) is 1. The topological polar surface area (TPSA) is 41.1 Å². The quantitative estimate of drug-likeness (QED) is 0.569. The highest BCUT2D eigenvalue weighted by molar-refractivity contribution is 7.63. The second-order valence-corrected chi connectivity index (χ2v) is 8.56. The molecule has 0 saturated heterocycles. The molecule has 4 heteroatoms. The molecule has 0 spiro atoms. The zero-order valence-electron chi connectivity index (χ0n) is 13.1. The lowest BCUT2D eigenvalue weighted by molar-refractivity contribution is 0.486. The summed E-state index contributed by atoms with van der Waals surface area (Å²) < 4.78 is 12.7. The molecule has 19 heavy (non-hydrogen) atoms. The molecule has 0 fully saturated rings. The summed E-state index contributed by atoms with van der Waals surface area (Å²) in [7, 11) is -2.58. The third-order valence-electron chi connectivity index (χ3n) is 3.32. The predicted molar refractivity (Wildman–Crippen MR) is 84.2 cm³/mol. The molecule has 0 aromatic carbocycles. The summed E-state index contributed by atoms with van der Waals surface area (Å²) in [6.45, 7) is 12.9. The fourth-order valence-corrected chi connectivity index (χ4v) is 4.28. The van der Waals surface area contributed by atoms with Crippen LogP contribution in [0.1, 0.15) is 41.5 Å². The van der Waals surface area contributed by atoms with Crippen LogP contribution in [0.3, 0.4) is 0 Å². The van der Waals surface area contributed by atoms with Crippen LogP contribution >= 0.6 is 7.44 Å². The molecule has 2 N–H and O–H groups in total. The highest BCUT2D eigenvalue weighted by Crippen LogP contribution is 2.45. The molecule has 3 atom stereocenters. The van der Waals surface area contributed by atoms with Crippen LogP contribution in [-0.2, 0) is 4.57 Å². The highest BCUT2D eigenvalue weighted by Gasteiger charge is 2.31. The summed E-state index contributed by atoms with van der Waals surface area (Å²) in [6.07, 6.45) is 6.35. The zero-order chi connectivity index (χ0) is 14.6. The van der Waals surface area contributed by atoms with Crippen molar-refractivity contribution in [3.63, 3.8) is 0 Å². The van der Waals surface area contributed by atoms with Crippen molar-refractivity contribution in [2.75, 3.05) is 0 Å². The molecular formula is C15H29N2OP. The molecule has 1 aliphatic heterocycles. The van der Waals surface area contributed by atoms with E-state index in [0.717, 1.165) is 0 Å². The molecule has 0 saturated carbocycles. The maximum Gasteiger partial charge on any atom is 0.234 e. The van der Waals surface area contributed by atoms with Crippen molar-refractivity contribution in [2.24, 2.45) is 17.8 Å². The Morgan fingerprint density at radius 2 is 1.79 bits per heavy atom. The Bertz CT molecular complexity index is 386. The molecule has 0 radical (unpaired) electrons. The van der Waals surface area contributed by atoms with Crippen molar-refractivity contribution in [1.82, 2.24) is 10.2 Å². The Hall–Kier alpha value is -0.370. The minimum atomic E-state index is -2.58. The first kappa shape index (κ1) is 16.7. The van der Waals surface area contributed by atoms with E-state index in [1.54, 1.807) is 0 Å². The molecule has 0 aromatic rings. The van der Waals surface area contributed by atoms with Gasteiger partial charge in [0.15, 0.2) is 0 Å². The van der Waals surface area contributed by atoms with Gasteiger partial charge in [-0.05, 0) is 17.8 Å². The average molecular weight is 284 g/mol. The van der Waals surface area contributed by atoms with Crippen LogP contribution in [0.15, 0.2) is 24.0 Å². The van der Waals surface area contributed by atoms with Gasteiger partial charge in [0.2, 0.25) is 7.44 Å². The van der Waals surface area contributed by atoms with Crippen molar-refractivity contribution in [3.05, 3.63) is 24.0 Å². The van der Waals surface area contributed by atoms with Gasteiger partial charge in [-0.15, -0.1) is 0 Å². The van der Waals surface area contributed by atoms with Crippen molar-refractivity contribution in [2.45, 2.75) is 53.6 Å². The molecular weight excluding hydrogens is 255 g/mol. The number of nitrogens with one attached hydrogen (secondary N) is 2. The smallest absolute Gasteiger partial charge is 0.234 e. The summed E-state index contributed by atoms with van der Waals surface area (Å²) in [5.41, 5.74) is 0. The standard InChI is InChI=1S/C15H29N2OP/c1-11(2)7-8-14(12(3)4)16-19(18)10-9-15(17-19)13(5)6/h7-15H,1-6H3,(H2,16,17,18)/b8-7-/t14-,15-,19+/m1/s1. The van der Waals surface area contributed by atoms with Gasteiger partial charge in [0, 0.05) is 17.9 Å². The van der Waals surface area contributed by atoms with Gasteiger partial charge in [0.25, 0.3) is 0 Å². The van der Waals surface area contributed by atoms with E-state index in [1.807, 2.05) is 11.9 Å². The lowest BCUT2D eigenvalue weighted by atomic mass is 10.0. The molecule has 0 bridgehead atoms. The van der Waals surface area contributed by atoms with E-state index in [9.17, 15) is 4.57 Å². The number of allylic oxidation sites excluding steroid dienone is 1. The van der Waals surface area contributed by atoms with E-state index in [0.29, 0.717) is 17.8 Å². The highest BCUT2D eigenvalue weighted by atomic mass is 31.2. The van der Waals surface area contributed by atoms with Gasteiger partial charge in [0.05, 0.1) is 0 Å². The molecule has 3 nitrogen and oxygen atoms in total. The Morgan fingerprint density at radius 1 is 1.16 bits per heavy atom. The molecule has 0 aromatic heterocycles. The van der Waals surface area contributed by atoms with Crippen molar-refractivity contribution >= 4 is 7.44 Å². The Labute approximate surface area is 118 Å². The fourth-order valence-electron chi connectivity index (χ4n) is 1.95. The van der Waals surface area contributed by atoms with Crippen LogP contribution in [0.4, 0.5) is 0 Å². The van der Waals surface area contributed by atoms with Gasteiger partial charge in [-0.2, -0.15) is 0 Å². The minimum absolute atomic E-state index is 0.135. The summed E-state index contributed by atoms with van der Waals surface area (Å²) in [6, 6.07) is 0.344. The maximum absolute atomic E-state index is 12.7. The first-order valence-electron chi connectivity index (χ1n) is 7.26. The third-order valence-corrected chi connectivity index (χ3v) is 5.28. The summed E-state index contributed by atoms with van der Waals surface area (Å²) >= 11 is 0. The first-order chi connectivity index (χ1) is 8.73. The van der Waals surface area contributed by atoms with E-state index < -0.39 is 7.44 Å². The molecule has 110 valence electrons. The SMILES string of the molecule is CC(C)/C=C\[C@@H](N[P@@]1(=O)C=C[C@H](C(C)C)N1)C(C)C. The van der Waals surface area contributed by atoms with Crippen LogP contribution < -0.4 is 10.2 Å². The number of rotatable bonds is 6. The third kappa shape index (κ3) is 5.25. The minimum Gasteiger partial charge on any atom is -0.285 e. The lowest BCUT2D eigenvalue weighted by Crippen LogP contribution is -2.35. The van der Waals surface area contributed by atoms with Gasteiger partial charge in [-0.25, -0.2) is 10.2 Å². The summed E-state index contributed by atoms with van der Waals surface area (Å²) in [4.78, 5) is 0. The van der Waals surface area contributed by atoms with Gasteiger partial charge in [0.1, 0.15) is 0 Å². The normalized spacial score (nSPS) is 29.2. The second-order valence-electron chi connectivity index (χ2n) is 6.43. The second kappa shape index (κ2) is 6.88. The summed E-state index contributed by atoms with van der Waals surface area (Å²) in [5, 5.41) is 6.54. The van der Waals surface area contributed by atoms with Crippen LogP contribution in [0.5, 0.6) is 0 Å². The summed E-state index contributed by atoms with van der Waals surface area (Å²) in [5.74, 6) is 3.21. The zero-order valence-corrected chi connectivity index (χ0v) is 13.9. The van der Waals surface area contributed by atoms with Crippen LogP contribution in [0.25, 0.3) is 0 Å². The van der Waals surface area contributed by atoms with Gasteiger partial charge in [-0.1, -0.05) is 59.8 Å². The van der Waals surface area contributed by atoms with Crippen LogP contribution in [0, 0.1) is 17.8 Å². The van der Waals surface area contributed by atoms with Gasteiger partial charge >= 0.3 is 0 Å². The van der Waals surface area contributed by atoms with Crippen molar-refractivity contribution < 1.29 is 4.57 Å². The Balaban J connectivity index is 2.71. The van der Waals surface area contributed by atoms with E-state index >= 15 is 0 Å². The molecule has 0 aliphatic carbocycles. The van der Waals surface area contributed by atoms with E-state index in [1.165, 1.54) is 0 Å². The largest absolute Gasteiger partial charge is 0.285 e. The maximum atomic E-state index is 12.7. The molecule has 1 heterocycles. The monoisotopic (exact) mass is 284 g/mol. The molecule has 1 rings (SSSR count). The predicted octanol–water partition coefficient (Wildman–Crippen LogP) is 4.15. The fraction of sp³-hybridized carbons (Fsp3) is 0.733. The van der Waals surface area contributed by atoms with Crippen LogP contribution in [-0.4, -0.2) is 12.1 Å².